The first-order valence-electron chi connectivity index (χ1n) is 5.35. The Hall–Kier alpha value is -2.01. The number of carbonyl (C=O) groups excluding carboxylic acids is 1. The smallest absolute Gasteiger partial charge is 0.272 e. The largest absolute Gasteiger partial charge is 0.344 e. The summed E-state index contributed by atoms with van der Waals surface area (Å²) >= 11 is 5.68. The molecule has 0 aliphatic heterocycles. The SMILES string of the molecule is CC(NC(=O)c1cncc(Cl)n1)c1ccncc1. The number of halogens is 1. The van der Waals surface area contributed by atoms with Gasteiger partial charge in [-0.1, -0.05) is 11.6 Å². The van der Waals surface area contributed by atoms with Crippen molar-refractivity contribution in [2.24, 2.45) is 0 Å². The molecule has 92 valence electrons. The van der Waals surface area contributed by atoms with Gasteiger partial charge in [0, 0.05) is 12.4 Å². The molecule has 18 heavy (non-hydrogen) atoms. The first-order valence-corrected chi connectivity index (χ1v) is 5.73. The third-order valence-electron chi connectivity index (χ3n) is 2.39. The maximum atomic E-state index is 11.9. The Kier molecular flexibility index (Phi) is 3.84. The second kappa shape index (κ2) is 5.55. The van der Waals surface area contributed by atoms with Crippen LogP contribution in [-0.4, -0.2) is 20.9 Å². The van der Waals surface area contributed by atoms with E-state index in [0.29, 0.717) is 0 Å². The van der Waals surface area contributed by atoms with E-state index in [-0.39, 0.29) is 22.8 Å². The van der Waals surface area contributed by atoms with Crippen molar-refractivity contribution in [1.29, 1.82) is 0 Å². The number of nitrogens with one attached hydrogen (secondary N) is 1. The molecule has 2 rings (SSSR count). The van der Waals surface area contributed by atoms with E-state index in [1.165, 1.54) is 12.4 Å². The van der Waals surface area contributed by atoms with Crippen molar-refractivity contribution in [2.45, 2.75) is 13.0 Å². The zero-order valence-corrected chi connectivity index (χ0v) is 10.4. The Balaban J connectivity index is 2.08. The Morgan fingerprint density at radius 2 is 2.00 bits per heavy atom. The molecule has 0 spiro atoms. The van der Waals surface area contributed by atoms with Gasteiger partial charge in [0.15, 0.2) is 0 Å². The molecule has 2 heterocycles. The quantitative estimate of drug-likeness (QED) is 0.919. The highest BCUT2D eigenvalue weighted by Gasteiger charge is 2.12. The fraction of sp³-hybridized carbons (Fsp3) is 0.167. The lowest BCUT2D eigenvalue weighted by atomic mass is 10.1. The molecule has 6 heteroatoms. The topological polar surface area (TPSA) is 67.8 Å². The van der Waals surface area contributed by atoms with Crippen molar-refractivity contribution in [1.82, 2.24) is 20.3 Å². The fourth-order valence-electron chi connectivity index (χ4n) is 1.46. The number of pyridine rings is 1. The lowest BCUT2D eigenvalue weighted by Crippen LogP contribution is -2.27. The molecule has 0 saturated carbocycles. The predicted octanol–water partition coefficient (Wildman–Crippen LogP) is 2.02. The summed E-state index contributed by atoms with van der Waals surface area (Å²) in [6.45, 7) is 1.88. The highest BCUT2D eigenvalue weighted by molar-refractivity contribution is 6.29. The minimum Gasteiger partial charge on any atom is -0.344 e. The summed E-state index contributed by atoms with van der Waals surface area (Å²) in [6.07, 6.45) is 6.11. The summed E-state index contributed by atoms with van der Waals surface area (Å²) in [5.41, 5.74) is 1.16. The Morgan fingerprint density at radius 3 is 2.67 bits per heavy atom. The molecule has 1 atom stereocenters. The monoisotopic (exact) mass is 262 g/mol. The minimum absolute atomic E-state index is 0.138. The van der Waals surface area contributed by atoms with Crippen LogP contribution in [0, 0.1) is 0 Å². The van der Waals surface area contributed by atoms with Gasteiger partial charge in [-0.2, -0.15) is 0 Å². The molecule has 0 fully saturated rings. The summed E-state index contributed by atoms with van der Waals surface area (Å²) in [7, 11) is 0. The summed E-state index contributed by atoms with van der Waals surface area (Å²) < 4.78 is 0. The Labute approximate surface area is 109 Å². The summed E-state index contributed by atoms with van der Waals surface area (Å²) in [4.78, 5) is 23.5. The predicted molar refractivity (Wildman–Crippen MR) is 67.2 cm³/mol. The first kappa shape index (κ1) is 12.4. The molecule has 5 nitrogen and oxygen atoms in total. The van der Waals surface area contributed by atoms with Crippen LogP contribution in [0.4, 0.5) is 0 Å². The molecule has 2 aromatic rings. The number of hydrogen-bond donors (Lipinski definition) is 1. The highest BCUT2D eigenvalue weighted by Crippen LogP contribution is 2.11. The van der Waals surface area contributed by atoms with Crippen LogP contribution in [0.3, 0.4) is 0 Å². The normalized spacial score (nSPS) is 11.9. The summed E-state index contributed by atoms with van der Waals surface area (Å²) in [5, 5.41) is 3.01. The molecule has 1 amide bonds. The molecular weight excluding hydrogens is 252 g/mol. The van der Waals surface area contributed by atoms with E-state index in [9.17, 15) is 4.79 Å². The van der Waals surface area contributed by atoms with Crippen LogP contribution in [0.2, 0.25) is 5.15 Å². The third kappa shape index (κ3) is 3.01. The number of amides is 1. The number of hydrogen-bond acceptors (Lipinski definition) is 4. The average molecular weight is 263 g/mol. The zero-order chi connectivity index (χ0) is 13.0. The maximum Gasteiger partial charge on any atom is 0.272 e. The van der Waals surface area contributed by atoms with E-state index < -0.39 is 0 Å². The molecule has 0 radical (unpaired) electrons. The van der Waals surface area contributed by atoms with Crippen molar-refractivity contribution >= 4 is 17.5 Å². The van der Waals surface area contributed by atoms with Gasteiger partial charge >= 0.3 is 0 Å². The van der Waals surface area contributed by atoms with Crippen LogP contribution < -0.4 is 5.32 Å². The van der Waals surface area contributed by atoms with Crippen LogP contribution in [0.15, 0.2) is 36.9 Å². The van der Waals surface area contributed by atoms with Crippen molar-refractivity contribution in [3.8, 4) is 0 Å². The van der Waals surface area contributed by atoms with Gasteiger partial charge < -0.3 is 5.32 Å². The fourth-order valence-corrected chi connectivity index (χ4v) is 1.61. The van der Waals surface area contributed by atoms with E-state index in [2.05, 4.69) is 20.3 Å². The van der Waals surface area contributed by atoms with Gasteiger partial charge in [0.25, 0.3) is 5.91 Å². The average Bonchev–Trinajstić information content (AvgIpc) is 2.39. The van der Waals surface area contributed by atoms with E-state index in [0.717, 1.165) is 5.56 Å². The molecule has 0 bridgehead atoms. The van der Waals surface area contributed by atoms with Gasteiger partial charge in [-0.15, -0.1) is 0 Å². The van der Waals surface area contributed by atoms with Crippen molar-refractivity contribution in [3.05, 3.63) is 53.3 Å². The van der Waals surface area contributed by atoms with Crippen LogP contribution in [0.25, 0.3) is 0 Å². The van der Waals surface area contributed by atoms with Crippen LogP contribution >= 0.6 is 11.6 Å². The number of rotatable bonds is 3. The maximum absolute atomic E-state index is 11.9. The Morgan fingerprint density at radius 1 is 1.28 bits per heavy atom. The molecule has 1 N–H and O–H groups in total. The van der Waals surface area contributed by atoms with Crippen LogP contribution in [-0.2, 0) is 0 Å². The summed E-state index contributed by atoms with van der Waals surface area (Å²) in [5.74, 6) is -0.311. The minimum atomic E-state index is -0.311. The van der Waals surface area contributed by atoms with Crippen molar-refractivity contribution < 1.29 is 4.79 Å². The van der Waals surface area contributed by atoms with Crippen LogP contribution in [0.1, 0.15) is 29.0 Å². The van der Waals surface area contributed by atoms with Gasteiger partial charge in [-0.25, -0.2) is 4.98 Å². The van der Waals surface area contributed by atoms with Crippen molar-refractivity contribution in [2.75, 3.05) is 0 Å². The van der Waals surface area contributed by atoms with Gasteiger partial charge in [-0.05, 0) is 24.6 Å². The molecule has 0 aromatic carbocycles. The second-order valence-electron chi connectivity index (χ2n) is 3.70. The van der Waals surface area contributed by atoms with Gasteiger partial charge in [0.05, 0.1) is 18.4 Å². The van der Waals surface area contributed by atoms with E-state index in [4.69, 9.17) is 11.6 Å². The molecule has 1 unspecified atom stereocenters. The first-order chi connectivity index (χ1) is 8.66. The highest BCUT2D eigenvalue weighted by atomic mass is 35.5. The number of carbonyl (C=O) groups is 1. The second-order valence-corrected chi connectivity index (χ2v) is 4.09. The van der Waals surface area contributed by atoms with E-state index in [1.807, 2.05) is 19.1 Å². The van der Waals surface area contributed by atoms with Crippen LogP contribution in [0.5, 0.6) is 0 Å². The standard InChI is InChI=1S/C12H11ClN4O/c1-8(9-2-4-14-5-3-9)16-12(18)10-6-15-7-11(13)17-10/h2-8H,1H3,(H,16,18). The molecule has 0 aliphatic carbocycles. The molecule has 0 aliphatic rings. The Bertz CT molecular complexity index is 547. The number of nitrogens with zero attached hydrogens (tertiary/aromatic N) is 3. The number of aromatic nitrogens is 3. The molecule has 2 aromatic heterocycles. The van der Waals surface area contributed by atoms with Gasteiger partial charge in [0.2, 0.25) is 0 Å². The van der Waals surface area contributed by atoms with Gasteiger partial charge in [-0.3, -0.25) is 14.8 Å². The van der Waals surface area contributed by atoms with Gasteiger partial charge in [0.1, 0.15) is 10.8 Å². The third-order valence-corrected chi connectivity index (χ3v) is 2.57. The van der Waals surface area contributed by atoms with E-state index >= 15 is 0 Å². The lowest BCUT2D eigenvalue weighted by molar-refractivity contribution is 0.0934. The molecular formula is C12H11ClN4O. The van der Waals surface area contributed by atoms with Crippen molar-refractivity contribution in [3.63, 3.8) is 0 Å². The van der Waals surface area contributed by atoms with E-state index in [1.54, 1.807) is 12.4 Å². The summed E-state index contributed by atoms with van der Waals surface area (Å²) in [6, 6.07) is 3.55. The molecule has 0 saturated heterocycles. The zero-order valence-electron chi connectivity index (χ0n) is 9.67. The lowest BCUT2D eigenvalue weighted by Gasteiger charge is -2.13.